The maximum Gasteiger partial charge on any atom is 0.321 e. The number of thiazole rings is 1. The standard InChI is InChI=1S/C28H34N6O3S/c1-6-20(13-31-17(3)18(4)35)21-11-23(26-25(12-21)32-28(38-26)33-27(36)29-7-2)24-10-19(8-9-30-24)14-34-15-22(16-34)37-5/h6,8-13,18,22,35H,1,7,14-16H2,2-5H3,(H2,29,32,33,36)/b20-13+,31-17?. The second kappa shape index (κ2) is 12.4. The number of methoxy groups -OCH3 is 1. The smallest absolute Gasteiger partial charge is 0.321 e. The molecule has 1 aromatic carbocycles. The summed E-state index contributed by atoms with van der Waals surface area (Å²) in [6, 6.07) is 7.83. The number of likely N-dealkylation sites (tertiary alicyclic amines) is 1. The molecule has 3 aromatic rings. The van der Waals surface area contributed by atoms with Crippen molar-refractivity contribution < 1.29 is 14.6 Å². The molecule has 1 atom stereocenters. The molecule has 1 fully saturated rings. The summed E-state index contributed by atoms with van der Waals surface area (Å²) in [5.41, 5.74) is 5.85. The van der Waals surface area contributed by atoms with Gasteiger partial charge in [-0.1, -0.05) is 24.0 Å². The second-order valence-corrected chi connectivity index (χ2v) is 10.2. The van der Waals surface area contributed by atoms with Crippen molar-refractivity contribution in [1.82, 2.24) is 20.2 Å². The van der Waals surface area contributed by atoms with Crippen LogP contribution < -0.4 is 10.6 Å². The number of carbonyl (C=O) groups excluding carboxylic acids is 1. The van der Waals surface area contributed by atoms with Crippen LogP contribution in [0.2, 0.25) is 0 Å². The molecule has 4 rings (SSSR count). The van der Waals surface area contributed by atoms with Crippen LogP contribution >= 0.6 is 11.3 Å². The van der Waals surface area contributed by atoms with Crippen molar-refractivity contribution in [3.8, 4) is 11.3 Å². The zero-order valence-corrected chi connectivity index (χ0v) is 23.0. The molecule has 200 valence electrons. The first-order chi connectivity index (χ1) is 18.3. The molecule has 0 radical (unpaired) electrons. The Kier molecular flexibility index (Phi) is 9.01. The van der Waals surface area contributed by atoms with Gasteiger partial charge in [-0.15, -0.1) is 0 Å². The molecule has 1 unspecified atom stereocenters. The fourth-order valence-corrected chi connectivity index (χ4v) is 5.01. The first-order valence-corrected chi connectivity index (χ1v) is 13.4. The number of aliphatic hydroxyl groups is 1. The van der Waals surface area contributed by atoms with Crippen LogP contribution in [-0.2, 0) is 11.3 Å². The van der Waals surface area contributed by atoms with E-state index in [4.69, 9.17) is 14.7 Å². The van der Waals surface area contributed by atoms with Crippen LogP contribution in [0.15, 0.2) is 54.3 Å². The van der Waals surface area contributed by atoms with Crippen molar-refractivity contribution in [2.75, 3.05) is 32.1 Å². The molecule has 1 saturated heterocycles. The van der Waals surface area contributed by atoms with Crippen molar-refractivity contribution in [3.05, 3.63) is 60.4 Å². The first kappa shape index (κ1) is 27.6. The number of allylic oxidation sites excluding steroid dienone is 2. The molecule has 1 aliphatic heterocycles. The molecule has 0 bridgehead atoms. The lowest BCUT2D eigenvalue weighted by Gasteiger charge is -2.38. The van der Waals surface area contributed by atoms with E-state index in [0.29, 0.717) is 23.5 Å². The van der Waals surface area contributed by atoms with Gasteiger partial charge in [0.05, 0.1) is 28.1 Å². The van der Waals surface area contributed by atoms with E-state index in [-0.39, 0.29) is 6.03 Å². The number of aliphatic hydroxyl groups excluding tert-OH is 1. The molecule has 2 aromatic heterocycles. The molecular formula is C28H34N6O3S. The molecule has 3 N–H and O–H groups in total. The molecule has 0 spiro atoms. The monoisotopic (exact) mass is 534 g/mol. The Labute approximate surface area is 227 Å². The Balaban J connectivity index is 1.77. The van der Waals surface area contributed by atoms with Gasteiger partial charge in [0.2, 0.25) is 0 Å². The van der Waals surface area contributed by atoms with Gasteiger partial charge in [0.25, 0.3) is 0 Å². The van der Waals surface area contributed by atoms with E-state index in [1.807, 2.05) is 31.3 Å². The molecule has 2 amide bonds. The number of ether oxygens (including phenoxy) is 1. The highest BCUT2D eigenvalue weighted by Gasteiger charge is 2.26. The number of amides is 2. The molecule has 0 saturated carbocycles. The first-order valence-electron chi connectivity index (χ1n) is 12.6. The average molecular weight is 535 g/mol. The zero-order valence-electron chi connectivity index (χ0n) is 22.2. The minimum absolute atomic E-state index is 0.296. The Morgan fingerprint density at radius 1 is 1.39 bits per heavy atom. The van der Waals surface area contributed by atoms with Crippen molar-refractivity contribution >= 4 is 44.0 Å². The summed E-state index contributed by atoms with van der Waals surface area (Å²) in [4.78, 5) is 28.3. The number of anilines is 1. The average Bonchev–Trinajstić information content (AvgIpc) is 3.28. The number of carbonyl (C=O) groups is 1. The summed E-state index contributed by atoms with van der Waals surface area (Å²) in [5.74, 6) is 0. The summed E-state index contributed by atoms with van der Waals surface area (Å²) >= 11 is 1.41. The minimum Gasteiger partial charge on any atom is -0.387 e. The number of nitrogens with one attached hydrogen (secondary N) is 2. The highest BCUT2D eigenvalue weighted by Crippen LogP contribution is 2.37. The van der Waals surface area contributed by atoms with Crippen molar-refractivity contribution in [3.63, 3.8) is 0 Å². The predicted octanol–water partition coefficient (Wildman–Crippen LogP) is 4.70. The van der Waals surface area contributed by atoms with Gasteiger partial charge < -0.3 is 15.2 Å². The molecule has 38 heavy (non-hydrogen) atoms. The van der Waals surface area contributed by atoms with E-state index >= 15 is 0 Å². The van der Waals surface area contributed by atoms with Gasteiger partial charge in [0, 0.05) is 57.0 Å². The third-order valence-electron chi connectivity index (χ3n) is 6.38. The summed E-state index contributed by atoms with van der Waals surface area (Å²) < 4.78 is 6.32. The number of aromatic nitrogens is 2. The largest absolute Gasteiger partial charge is 0.387 e. The normalized spacial score (nSPS) is 15.8. The second-order valence-electron chi connectivity index (χ2n) is 9.21. The van der Waals surface area contributed by atoms with Gasteiger partial charge in [0.15, 0.2) is 5.13 Å². The maximum atomic E-state index is 12.2. The summed E-state index contributed by atoms with van der Waals surface area (Å²) in [6.07, 6.45) is 4.90. The number of aliphatic imine (C=N–C) groups is 1. The number of rotatable bonds is 10. The zero-order chi connectivity index (χ0) is 27.2. The number of urea groups is 1. The molecule has 10 heteroatoms. The topological polar surface area (TPSA) is 112 Å². The highest BCUT2D eigenvalue weighted by molar-refractivity contribution is 7.22. The van der Waals surface area contributed by atoms with Crippen LogP contribution in [0.3, 0.4) is 0 Å². The number of hydrogen-bond donors (Lipinski definition) is 3. The van der Waals surface area contributed by atoms with Gasteiger partial charge in [-0.25, -0.2) is 9.78 Å². The summed E-state index contributed by atoms with van der Waals surface area (Å²) in [6.45, 7) is 12.4. The third kappa shape index (κ3) is 6.51. The lowest BCUT2D eigenvalue weighted by Crippen LogP contribution is -2.50. The lowest BCUT2D eigenvalue weighted by molar-refractivity contribution is -0.0334. The van der Waals surface area contributed by atoms with Crippen LogP contribution in [0, 0.1) is 0 Å². The lowest BCUT2D eigenvalue weighted by atomic mass is 10.00. The quantitative estimate of drug-likeness (QED) is 0.257. The Morgan fingerprint density at radius 3 is 2.87 bits per heavy atom. The number of nitrogens with zero attached hydrogens (tertiary/aromatic N) is 4. The van der Waals surface area contributed by atoms with Gasteiger partial charge in [0.1, 0.15) is 0 Å². The van der Waals surface area contributed by atoms with Crippen molar-refractivity contribution in [2.45, 2.75) is 39.5 Å². The van der Waals surface area contributed by atoms with Crippen LogP contribution in [-0.4, -0.2) is 70.7 Å². The molecular weight excluding hydrogens is 500 g/mol. The molecule has 1 aliphatic rings. The number of fused-ring (bicyclic) bond motifs is 1. The molecule has 9 nitrogen and oxygen atoms in total. The van der Waals surface area contributed by atoms with E-state index in [2.05, 4.69) is 33.2 Å². The third-order valence-corrected chi connectivity index (χ3v) is 7.40. The van der Waals surface area contributed by atoms with Crippen LogP contribution in [0.1, 0.15) is 31.9 Å². The highest BCUT2D eigenvalue weighted by atomic mass is 32.1. The van der Waals surface area contributed by atoms with Crippen LogP contribution in [0.5, 0.6) is 0 Å². The van der Waals surface area contributed by atoms with Gasteiger partial charge >= 0.3 is 6.03 Å². The van der Waals surface area contributed by atoms with Crippen LogP contribution in [0.25, 0.3) is 27.0 Å². The summed E-state index contributed by atoms with van der Waals surface area (Å²) in [5, 5.41) is 15.9. The van der Waals surface area contributed by atoms with Gasteiger partial charge in [-0.2, -0.15) is 0 Å². The number of benzene rings is 1. The van der Waals surface area contributed by atoms with E-state index in [0.717, 1.165) is 57.8 Å². The molecule has 0 aliphatic carbocycles. The van der Waals surface area contributed by atoms with Crippen molar-refractivity contribution in [1.29, 1.82) is 0 Å². The van der Waals surface area contributed by atoms with Gasteiger partial charge in [-0.05, 0) is 61.7 Å². The summed E-state index contributed by atoms with van der Waals surface area (Å²) in [7, 11) is 1.75. The Bertz CT molecular complexity index is 1370. The van der Waals surface area contributed by atoms with Crippen molar-refractivity contribution in [2.24, 2.45) is 4.99 Å². The number of pyridine rings is 1. The fourth-order valence-electron chi connectivity index (χ4n) is 4.05. The van der Waals surface area contributed by atoms with E-state index < -0.39 is 6.10 Å². The van der Waals surface area contributed by atoms with Crippen LogP contribution in [0.4, 0.5) is 9.93 Å². The number of hydrogen-bond acceptors (Lipinski definition) is 8. The minimum atomic E-state index is -0.644. The van der Waals surface area contributed by atoms with E-state index in [1.165, 1.54) is 11.3 Å². The Morgan fingerprint density at radius 2 is 2.18 bits per heavy atom. The maximum absolute atomic E-state index is 12.2. The van der Waals surface area contributed by atoms with E-state index in [9.17, 15) is 9.90 Å². The fraction of sp³-hybridized carbons (Fsp3) is 0.357. The van der Waals surface area contributed by atoms with E-state index in [1.54, 1.807) is 33.2 Å². The molecule has 3 heterocycles. The van der Waals surface area contributed by atoms with Gasteiger partial charge in [-0.3, -0.25) is 20.2 Å². The Hall–Kier alpha value is -3.44. The predicted molar refractivity (Wildman–Crippen MR) is 155 cm³/mol. The SMILES string of the molecule is C=C/C(=C\N=C(C)C(C)O)c1cc(-c2cc(CN3CC(OC)C3)ccn2)c2sc(NC(=O)NCC)nc2c1.